The second-order valence-corrected chi connectivity index (χ2v) is 7.11. The Labute approximate surface area is 165 Å². The molecule has 0 saturated carbocycles. The monoisotopic (exact) mass is 415 g/mol. The molecule has 29 heavy (non-hydrogen) atoms. The van der Waals surface area contributed by atoms with Gasteiger partial charge in [-0.05, 0) is 19.8 Å². The number of piperidine rings is 1. The van der Waals surface area contributed by atoms with E-state index in [1.165, 1.54) is 0 Å². The summed E-state index contributed by atoms with van der Waals surface area (Å²) in [5, 5.41) is 14.8. The molecular formula is C18H24F3N5O3. The maximum Gasteiger partial charge on any atom is 0.419 e. The van der Waals surface area contributed by atoms with Crippen LogP contribution in [0.5, 0.6) is 0 Å². The quantitative estimate of drug-likeness (QED) is 0.578. The molecular weight excluding hydrogens is 391 g/mol. The van der Waals surface area contributed by atoms with Gasteiger partial charge < -0.3 is 30.4 Å². The summed E-state index contributed by atoms with van der Waals surface area (Å²) in [4.78, 5) is 19.5. The lowest BCUT2D eigenvalue weighted by Crippen LogP contribution is -2.48. The third-order valence-electron chi connectivity index (χ3n) is 5.03. The van der Waals surface area contributed by atoms with Crippen LogP contribution in [0.1, 0.15) is 25.3 Å². The SMILES string of the molecule is CO[C@H](C)CNc1c[nH]c2ncc(C(F)(F)F)c(N3CCCC(NC(=O)O)C3)c12. The molecule has 4 N–H and O–H groups in total. The van der Waals surface area contributed by atoms with Crippen LogP contribution in [-0.2, 0) is 10.9 Å². The minimum atomic E-state index is -4.60. The molecule has 2 aromatic heterocycles. The third-order valence-corrected chi connectivity index (χ3v) is 5.03. The van der Waals surface area contributed by atoms with Gasteiger partial charge in [0.1, 0.15) is 5.65 Å². The normalized spacial score (nSPS) is 18.7. The van der Waals surface area contributed by atoms with Crippen molar-refractivity contribution in [3.05, 3.63) is 18.0 Å². The third kappa shape index (κ3) is 4.66. The van der Waals surface area contributed by atoms with Gasteiger partial charge in [-0.3, -0.25) is 0 Å². The number of anilines is 2. The molecule has 0 spiro atoms. The van der Waals surface area contributed by atoms with Gasteiger partial charge in [0, 0.05) is 45.2 Å². The minimum absolute atomic E-state index is 0.00760. The van der Waals surface area contributed by atoms with Gasteiger partial charge in [-0.15, -0.1) is 0 Å². The van der Waals surface area contributed by atoms with Crippen molar-refractivity contribution in [1.29, 1.82) is 0 Å². The first-order valence-electron chi connectivity index (χ1n) is 9.29. The van der Waals surface area contributed by atoms with E-state index in [1.54, 1.807) is 18.2 Å². The molecule has 0 radical (unpaired) electrons. The van der Waals surface area contributed by atoms with E-state index in [-0.39, 0.29) is 18.3 Å². The van der Waals surface area contributed by atoms with Crippen LogP contribution in [0.25, 0.3) is 11.0 Å². The van der Waals surface area contributed by atoms with E-state index in [4.69, 9.17) is 9.84 Å². The minimum Gasteiger partial charge on any atom is -0.465 e. The first-order chi connectivity index (χ1) is 13.7. The molecule has 3 heterocycles. The van der Waals surface area contributed by atoms with Crippen molar-refractivity contribution in [3.8, 4) is 0 Å². The molecule has 2 aromatic rings. The molecule has 1 aliphatic heterocycles. The van der Waals surface area contributed by atoms with E-state index < -0.39 is 23.9 Å². The van der Waals surface area contributed by atoms with Crippen molar-refractivity contribution in [2.45, 2.75) is 38.1 Å². The number of amides is 1. The molecule has 8 nitrogen and oxygen atoms in total. The maximum absolute atomic E-state index is 13.8. The van der Waals surface area contributed by atoms with Crippen LogP contribution in [-0.4, -0.2) is 60.1 Å². The Kier molecular flexibility index (Phi) is 6.06. The van der Waals surface area contributed by atoms with Gasteiger partial charge in [0.25, 0.3) is 0 Å². The topological polar surface area (TPSA) is 103 Å². The fourth-order valence-electron chi connectivity index (χ4n) is 3.56. The first-order valence-corrected chi connectivity index (χ1v) is 9.29. The number of nitrogens with one attached hydrogen (secondary N) is 3. The first kappa shape index (κ1) is 21.0. The number of nitrogens with zero attached hydrogens (tertiary/aromatic N) is 2. The Balaban J connectivity index is 2.06. The number of rotatable bonds is 6. The summed E-state index contributed by atoms with van der Waals surface area (Å²) < 4.78 is 46.6. The van der Waals surface area contributed by atoms with Gasteiger partial charge in [0.05, 0.1) is 28.4 Å². The highest BCUT2D eigenvalue weighted by Crippen LogP contribution is 2.43. The van der Waals surface area contributed by atoms with E-state index in [1.807, 2.05) is 6.92 Å². The van der Waals surface area contributed by atoms with Gasteiger partial charge in [-0.25, -0.2) is 9.78 Å². The number of aromatic amines is 1. The van der Waals surface area contributed by atoms with Crippen LogP contribution in [0, 0.1) is 0 Å². The Morgan fingerprint density at radius 2 is 2.28 bits per heavy atom. The summed E-state index contributed by atoms with van der Waals surface area (Å²) in [6.45, 7) is 2.78. The zero-order valence-corrected chi connectivity index (χ0v) is 16.1. The summed E-state index contributed by atoms with van der Waals surface area (Å²) in [6.07, 6.45) is -2.38. The van der Waals surface area contributed by atoms with Crippen LogP contribution in [0.4, 0.5) is 29.3 Å². The molecule has 1 aliphatic rings. The smallest absolute Gasteiger partial charge is 0.419 e. The largest absolute Gasteiger partial charge is 0.465 e. The van der Waals surface area contributed by atoms with Crippen molar-refractivity contribution in [3.63, 3.8) is 0 Å². The van der Waals surface area contributed by atoms with Crippen LogP contribution in [0.2, 0.25) is 0 Å². The van der Waals surface area contributed by atoms with Crippen molar-refractivity contribution in [2.75, 3.05) is 37.0 Å². The summed E-state index contributed by atoms with van der Waals surface area (Å²) in [6, 6.07) is -0.450. The molecule has 1 unspecified atom stereocenters. The van der Waals surface area contributed by atoms with Crippen molar-refractivity contribution in [1.82, 2.24) is 15.3 Å². The average Bonchev–Trinajstić information content (AvgIpc) is 3.07. The Bertz CT molecular complexity index is 870. The van der Waals surface area contributed by atoms with E-state index in [9.17, 15) is 18.0 Å². The number of carboxylic acid groups (broad SMARTS) is 1. The highest BCUT2D eigenvalue weighted by molar-refractivity contribution is 6.02. The van der Waals surface area contributed by atoms with Gasteiger partial charge in [0.15, 0.2) is 0 Å². The number of hydrogen-bond acceptors (Lipinski definition) is 5. The number of carbonyl (C=O) groups is 1. The molecule has 2 atom stereocenters. The van der Waals surface area contributed by atoms with Gasteiger partial charge >= 0.3 is 12.3 Å². The fraction of sp³-hybridized carbons (Fsp3) is 0.556. The molecule has 3 rings (SSSR count). The number of methoxy groups -OCH3 is 1. The van der Waals surface area contributed by atoms with Crippen molar-refractivity contribution >= 4 is 28.5 Å². The predicted molar refractivity (Wildman–Crippen MR) is 102 cm³/mol. The van der Waals surface area contributed by atoms with E-state index in [0.717, 1.165) is 6.20 Å². The van der Waals surface area contributed by atoms with E-state index >= 15 is 0 Å². The molecule has 1 saturated heterocycles. The van der Waals surface area contributed by atoms with E-state index in [2.05, 4.69) is 20.6 Å². The zero-order chi connectivity index (χ0) is 21.2. The number of aromatic nitrogens is 2. The summed E-state index contributed by atoms with van der Waals surface area (Å²) in [7, 11) is 1.56. The number of fused-ring (bicyclic) bond motifs is 1. The number of halogens is 3. The molecule has 1 fully saturated rings. The number of pyridine rings is 1. The number of H-pyrrole nitrogens is 1. The predicted octanol–water partition coefficient (Wildman–Crippen LogP) is 3.26. The van der Waals surface area contributed by atoms with Crippen LogP contribution < -0.4 is 15.5 Å². The van der Waals surface area contributed by atoms with Crippen molar-refractivity contribution < 1.29 is 27.8 Å². The van der Waals surface area contributed by atoms with Crippen LogP contribution in [0.15, 0.2) is 12.4 Å². The van der Waals surface area contributed by atoms with Gasteiger partial charge in [-0.1, -0.05) is 0 Å². The standard InChI is InChI=1S/C18H24F3N5O3/c1-10(29-2)6-22-13-8-24-16-14(13)15(12(7-23-16)18(19,20)21)26-5-3-4-11(9-26)25-17(27)28/h7-8,10-11,22,25H,3-6,9H2,1-2H3,(H,23,24)(H,27,28)/t10-,11?/m1/s1. The molecule has 0 aromatic carbocycles. The zero-order valence-electron chi connectivity index (χ0n) is 16.1. The Hall–Kier alpha value is -2.69. The van der Waals surface area contributed by atoms with Gasteiger partial charge in [-0.2, -0.15) is 13.2 Å². The number of hydrogen-bond donors (Lipinski definition) is 4. The molecule has 11 heteroatoms. The lowest BCUT2D eigenvalue weighted by Gasteiger charge is -2.36. The molecule has 1 amide bonds. The van der Waals surface area contributed by atoms with Crippen molar-refractivity contribution in [2.24, 2.45) is 0 Å². The lowest BCUT2D eigenvalue weighted by molar-refractivity contribution is -0.137. The second-order valence-electron chi connectivity index (χ2n) is 7.11. The van der Waals surface area contributed by atoms with E-state index in [0.29, 0.717) is 42.7 Å². The number of ether oxygens (including phenoxy) is 1. The highest BCUT2D eigenvalue weighted by atomic mass is 19.4. The molecule has 0 bridgehead atoms. The lowest BCUT2D eigenvalue weighted by atomic mass is 10.0. The molecule has 0 aliphatic carbocycles. The fourth-order valence-corrected chi connectivity index (χ4v) is 3.56. The average molecular weight is 415 g/mol. The van der Waals surface area contributed by atoms with Crippen LogP contribution >= 0.6 is 0 Å². The Morgan fingerprint density at radius 3 is 2.93 bits per heavy atom. The maximum atomic E-state index is 13.8. The number of alkyl halides is 3. The summed E-state index contributed by atoms with van der Waals surface area (Å²) in [5.74, 6) is 0. The molecule has 160 valence electrons. The Morgan fingerprint density at radius 1 is 1.52 bits per heavy atom. The summed E-state index contributed by atoms with van der Waals surface area (Å²) in [5.41, 5.74) is -0.0173. The highest BCUT2D eigenvalue weighted by Gasteiger charge is 2.38. The second kappa shape index (κ2) is 8.36. The van der Waals surface area contributed by atoms with Gasteiger partial charge in [0.2, 0.25) is 0 Å². The summed E-state index contributed by atoms with van der Waals surface area (Å²) >= 11 is 0. The van der Waals surface area contributed by atoms with Crippen LogP contribution in [0.3, 0.4) is 0 Å².